The zero-order valence-corrected chi connectivity index (χ0v) is 5.59. The van der Waals surface area contributed by atoms with Gasteiger partial charge in [0.2, 0.25) is 0 Å². The van der Waals surface area contributed by atoms with Crippen molar-refractivity contribution in [3.05, 3.63) is 30.3 Å². The van der Waals surface area contributed by atoms with Crippen LogP contribution in [0.25, 0.3) is 0 Å². The molecule has 0 aliphatic carbocycles. The monoisotopic (exact) mass is 140 g/mol. The molecule has 10 heavy (non-hydrogen) atoms. The van der Waals surface area contributed by atoms with Crippen LogP contribution < -0.4 is 4.74 Å². The van der Waals surface area contributed by atoms with Crippen molar-refractivity contribution in [1.29, 1.82) is 0 Å². The number of ether oxygens (including phenoxy) is 1. The lowest BCUT2D eigenvalue weighted by atomic mass is 10.3. The minimum atomic E-state index is -0.436. The molecule has 0 aromatic heterocycles. The van der Waals surface area contributed by atoms with E-state index in [1.807, 2.05) is 18.2 Å². The van der Waals surface area contributed by atoms with Crippen LogP contribution in [0.4, 0.5) is 4.39 Å². The molecule has 1 aromatic rings. The zero-order valence-electron chi connectivity index (χ0n) is 5.59. The third-order valence-corrected chi connectivity index (χ3v) is 1.09. The van der Waals surface area contributed by atoms with Crippen LogP contribution in [-0.2, 0) is 0 Å². The van der Waals surface area contributed by atoms with Gasteiger partial charge in [-0.2, -0.15) is 0 Å². The molecule has 1 rings (SSSR count). The quantitative estimate of drug-likeness (QED) is 0.624. The van der Waals surface area contributed by atoms with Crippen LogP contribution in [0.1, 0.15) is 0 Å². The van der Waals surface area contributed by atoms with Crippen LogP contribution in [0.15, 0.2) is 30.3 Å². The van der Waals surface area contributed by atoms with Gasteiger partial charge in [0.25, 0.3) is 0 Å². The predicted molar refractivity (Wildman–Crippen MR) is 37.9 cm³/mol. The number of para-hydroxylation sites is 1. The Balaban J connectivity index is 2.43. The van der Waals surface area contributed by atoms with Gasteiger partial charge in [0.05, 0.1) is 0 Å². The number of alkyl halides is 1. The van der Waals surface area contributed by atoms with Crippen LogP contribution in [0.5, 0.6) is 5.75 Å². The first-order valence-corrected chi connectivity index (χ1v) is 3.17. The summed E-state index contributed by atoms with van der Waals surface area (Å²) in [6, 6.07) is 9.20. The molecule has 0 fully saturated rings. The number of hydrogen-bond acceptors (Lipinski definition) is 1. The van der Waals surface area contributed by atoms with Gasteiger partial charge in [0.15, 0.2) is 0 Å². The summed E-state index contributed by atoms with van der Waals surface area (Å²) in [5.74, 6) is 0.722. The molecule has 54 valence electrons. The van der Waals surface area contributed by atoms with Gasteiger partial charge in [-0.05, 0) is 12.1 Å². The van der Waals surface area contributed by atoms with Crippen molar-refractivity contribution in [3.8, 4) is 5.75 Å². The summed E-state index contributed by atoms with van der Waals surface area (Å²) in [6.45, 7) is -0.293. The molecule has 0 heterocycles. The molecule has 0 N–H and O–H groups in total. The van der Waals surface area contributed by atoms with E-state index in [0.29, 0.717) is 0 Å². The van der Waals surface area contributed by atoms with E-state index in [-0.39, 0.29) is 6.61 Å². The standard InChI is InChI=1S/C8H9FO/c9-6-7-10-8-4-2-1-3-5-8/h1-5H,6-7H2. The molecule has 0 bridgehead atoms. The largest absolute Gasteiger partial charge is 0.491 e. The van der Waals surface area contributed by atoms with Crippen LogP contribution in [0.2, 0.25) is 0 Å². The number of halogens is 1. The Morgan fingerprint density at radius 1 is 1.20 bits per heavy atom. The Labute approximate surface area is 59.4 Å². The fraction of sp³-hybridized carbons (Fsp3) is 0.250. The molecule has 0 saturated heterocycles. The van der Waals surface area contributed by atoms with Crippen LogP contribution in [-0.4, -0.2) is 13.3 Å². The summed E-state index contributed by atoms with van der Waals surface area (Å²) in [5, 5.41) is 0. The second-order valence-corrected chi connectivity index (χ2v) is 1.85. The average molecular weight is 140 g/mol. The molecule has 0 aliphatic heterocycles. The SMILES string of the molecule is FCCOc1ccccc1. The van der Waals surface area contributed by atoms with E-state index in [4.69, 9.17) is 4.74 Å². The first-order valence-electron chi connectivity index (χ1n) is 3.17. The Bertz CT molecular complexity index is 174. The molecule has 0 amide bonds. The number of hydrogen-bond donors (Lipinski definition) is 0. The minimum absolute atomic E-state index is 0.143. The van der Waals surface area contributed by atoms with Gasteiger partial charge < -0.3 is 4.74 Å². The maximum atomic E-state index is 11.6. The summed E-state index contributed by atoms with van der Waals surface area (Å²) in [4.78, 5) is 0. The summed E-state index contributed by atoms with van der Waals surface area (Å²) < 4.78 is 16.5. The Hall–Kier alpha value is -1.05. The molecule has 0 radical (unpaired) electrons. The molecule has 2 heteroatoms. The fourth-order valence-corrected chi connectivity index (χ4v) is 0.673. The summed E-state index contributed by atoms with van der Waals surface area (Å²) in [5.41, 5.74) is 0. The van der Waals surface area contributed by atoms with Crippen molar-refractivity contribution in [2.75, 3.05) is 13.3 Å². The van der Waals surface area contributed by atoms with Gasteiger partial charge in [-0.15, -0.1) is 0 Å². The Morgan fingerprint density at radius 2 is 1.90 bits per heavy atom. The second-order valence-electron chi connectivity index (χ2n) is 1.85. The van der Waals surface area contributed by atoms with Gasteiger partial charge in [-0.3, -0.25) is 0 Å². The topological polar surface area (TPSA) is 9.23 Å². The van der Waals surface area contributed by atoms with E-state index >= 15 is 0 Å². The lowest BCUT2D eigenvalue weighted by Crippen LogP contribution is -1.97. The highest BCUT2D eigenvalue weighted by Gasteiger charge is 1.87. The van der Waals surface area contributed by atoms with E-state index in [9.17, 15) is 4.39 Å². The summed E-state index contributed by atoms with van der Waals surface area (Å²) in [6.07, 6.45) is 0. The van der Waals surface area contributed by atoms with E-state index in [1.165, 1.54) is 0 Å². The highest BCUT2D eigenvalue weighted by molar-refractivity contribution is 5.20. The number of rotatable bonds is 3. The van der Waals surface area contributed by atoms with Crippen LogP contribution >= 0.6 is 0 Å². The van der Waals surface area contributed by atoms with Gasteiger partial charge in [0.1, 0.15) is 19.0 Å². The first-order chi connectivity index (χ1) is 4.93. The molecular formula is C8H9FO. The van der Waals surface area contributed by atoms with Crippen molar-refractivity contribution < 1.29 is 9.13 Å². The fourth-order valence-electron chi connectivity index (χ4n) is 0.673. The van der Waals surface area contributed by atoms with Gasteiger partial charge in [-0.1, -0.05) is 18.2 Å². The lowest BCUT2D eigenvalue weighted by Gasteiger charge is -2.00. The van der Waals surface area contributed by atoms with Crippen molar-refractivity contribution in [1.82, 2.24) is 0 Å². The molecule has 1 nitrogen and oxygen atoms in total. The van der Waals surface area contributed by atoms with Crippen LogP contribution in [0, 0.1) is 0 Å². The van der Waals surface area contributed by atoms with Crippen LogP contribution in [0.3, 0.4) is 0 Å². The highest BCUT2D eigenvalue weighted by atomic mass is 19.1. The zero-order chi connectivity index (χ0) is 7.23. The molecule has 1 aromatic carbocycles. The highest BCUT2D eigenvalue weighted by Crippen LogP contribution is 2.07. The molecule has 0 unspecified atom stereocenters. The van der Waals surface area contributed by atoms with Gasteiger partial charge in [0, 0.05) is 0 Å². The maximum Gasteiger partial charge on any atom is 0.123 e. The van der Waals surface area contributed by atoms with Crippen molar-refractivity contribution in [2.24, 2.45) is 0 Å². The Morgan fingerprint density at radius 3 is 2.50 bits per heavy atom. The van der Waals surface area contributed by atoms with Crippen molar-refractivity contribution in [3.63, 3.8) is 0 Å². The van der Waals surface area contributed by atoms with Crippen molar-refractivity contribution in [2.45, 2.75) is 0 Å². The summed E-state index contributed by atoms with van der Waals surface area (Å²) in [7, 11) is 0. The average Bonchev–Trinajstić information content (AvgIpc) is 2.03. The van der Waals surface area contributed by atoms with E-state index in [2.05, 4.69) is 0 Å². The van der Waals surface area contributed by atoms with E-state index in [0.717, 1.165) is 5.75 Å². The van der Waals surface area contributed by atoms with E-state index < -0.39 is 6.67 Å². The number of benzene rings is 1. The first kappa shape index (κ1) is 7.06. The molecular weight excluding hydrogens is 131 g/mol. The molecule has 0 atom stereocenters. The third kappa shape index (κ3) is 2.05. The minimum Gasteiger partial charge on any atom is -0.491 e. The molecule has 0 aliphatic rings. The van der Waals surface area contributed by atoms with E-state index in [1.54, 1.807) is 12.1 Å². The van der Waals surface area contributed by atoms with Crippen molar-refractivity contribution >= 4 is 0 Å². The third-order valence-electron chi connectivity index (χ3n) is 1.09. The molecule has 0 spiro atoms. The smallest absolute Gasteiger partial charge is 0.123 e. The predicted octanol–water partition coefficient (Wildman–Crippen LogP) is 2.03. The Kier molecular flexibility index (Phi) is 2.74. The normalized spacial score (nSPS) is 9.30. The maximum absolute atomic E-state index is 11.6. The second kappa shape index (κ2) is 3.88. The van der Waals surface area contributed by atoms with Gasteiger partial charge >= 0.3 is 0 Å². The lowest BCUT2D eigenvalue weighted by molar-refractivity contribution is 0.273. The summed E-state index contributed by atoms with van der Waals surface area (Å²) >= 11 is 0. The van der Waals surface area contributed by atoms with Gasteiger partial charge in [-0.25, -0.2) is 4.39 Å². The molecule has 0 saturated carbocycles.